The van der Waals surface area contributed by atoms with E-state index in [1.165, 1.54) is 5.01 Å². The van der Waals surface area contributed by atoms with Crippen molar-refractivity contribution in [3.63, 3.8) is 0 Å². The summed E-state index contributed by atoms with van der Waals surface area (Å²) in [7, 11) is 0. The van der Waals surface area contributed by atoms with E-state index in [9.17, 15) is 9.59 Å². The van der Waals surface area contributed by atoms with E-state index in [1.807, 2.05) is 24.3 Å². The largest absolute Gasteiger partial charge is 0.407 e. The molecule has 0 atom stereocenters. The van der Waals surface area contributed by atoms with Gasteiger partial charge in [0.1, 0.15) is 5.57 Å². The summed E-state index contributed by atoms with van der Waals surface area (Å²) in [5.74, 6) is -0.378. The van der Waals surface area contributed by atoms with E-state index in [1.54, 1.807) is 36.4 Å². The Morgan fingerprint density at radius 2 is 1.70 bits per heavy atom. The maximum absolute atomic E-state index is 12.8. The molecule has 2 aliphatic heterocycles. The summed E-state index contributed by atoms with van der Waals surface area (Å²) in [6, 6.07) is 17.1. The standard InChI is InChI=1S/C23H21N3O4/c27-17-30-22-21(23(28)26(24-22)20-6-2-1-3-7-20)8-4-5-18-9-11-19(12-10-18)25-13-15-29-16-14-25/h1-12,17H,13-16H2. The van der Waals surface area contributed by atoms with Crippen LogP contribution in [0.2, 0.25) is 0 Å². The van der Waals surface area contributed by atoms with E-state index in [0.29, 0.717) is 5.69 Å². The molecule has 0 radical (unpaired) electrons. The van der Waals surface area contributed by atoms with Crippen LogP contribution in [0, 0.1) is 0 Å². The topological polar surface area (TPSA) is 71.4 Å². The Hall–Kier alpha value is -3.71. The molecule has 7 heteroatoms. The lowest BCUT2D eigenvalue weighted by atomic mass is 10.1. The average molecular weight is 403 g/mol. The summed E-state index contributed by atoms with van der Waals surface area (Å²) in [5.41, 5.74) is 2.96. The Morgan fingerprint density at radius 3 is 2.40 bits per heavy atom. The fraction of sp³-hybridized carbons (Fsp3) is 0.174. The van der Waals surface area contributed by atoms with Crippen molar-refractivity contribution in [2.24, 2.45) is 5.10 Å². The number of ether oxygens (including phenoxy) is 2. The molecule has 0 spiro atoms. The number of benzene rings is 2. The van der Waals surface area contributed by atoms with Gasteiger partial charge < -0.3 is 14.4 Å². The van der Waals surface area contributed by atoms with Crippen LogP contribution < -0.4 is 9.91 Å². The highest BCUT2D eigenvalue weighted by Crippen LogP contribution is 2.24. The highest BCUT2D eigenvalue weighted by atomic mass is 16.5. The van der Waals surface area contributed by atoms with Crippen molar-refractivity contribution in [1.82, 2.24) is 0 Å². The first kappa shape index (κ1) is 19.6. The van der Waals surface area contributed by atoms with Gasteiger partial charge in [-0.3, -0.25) is 9.59 Å². The second-order valence-electron chi connectivity index (χ2n) is 6.70. The fourth-order valence-corrected chi connectivity index (χ4v) is 3.29. The van der Waals surface area contributed by atoms with Gasteiger partial charge in [0.05, 0.1) is 18.9 Å². The minimum Gasteiger partial charge on any atom is -0.407 e. The second kappa shape index (κ2) is 9.19. The molecule has 30 heavy (non-hydrogen) atoms. The molecule has 2 aromatic carbocycles. The number of amides is 1. The van der Waals surface area contributed by atoms with Gasteiger partial charge >= 0.3 is 0 Å². The number of morpholine rings is 1. The van der Waals surface area contributed by atoms with Crippen LogP contribution in [0.4, 0.5) is 11.4 Å². The zero-order valence-electron chi connectivity index (χ0n) is 16.3. The predicted octanol–water partition coefficient (Wildman–Crippen LogP) is 3.00. The summed E-state index contributed by atoms with van der Waals surface area (Å²) in [6.07, 6.45) is 5.23. The van der Waals surface area contributed by atoms with Crippen LogP contribution in [0.5, 0.6) is 0 Å². The van der Waals surface area contributed by atoms with Crippen molar-refractivity contribution in [3.8, 4) is 0 Å². The number of rotatable bonds is 5. The monoisotopic (exact) mass is 403 g/mol. The van der Waals surface area contributed by atoms with Crippen molar-refractivity contribution in [2.45, 2.75) is 0 Å². The van der Waals surface area contributed by atoms with E-state index >= 15 is 0 Å². The van der Waals surface area contributed by atoms with Crippen molar-refractivity contribution >= 4 is 35.7 Å². The molecule has 152 valence electrons. The maximum Gasteiger partial charge on any atom is 0.299 e. The molecule has 0 aliphatic carbocycles. The van der Waals surface area contributed by atoms with Crippen molar-refractivity contribution in [2.75, 3.05) is 36.2 Å². The number of anilines is 2. The molecule has 4 rings (SSSR count). The van der Waals surface area contributed by atoms with Crippen LogP contribution in [0.15, 0.2) is 77.4 Å². The first-order valence-electron chi connectivity index (χ1n) is 9.66. The lowest BCUT2D eigenvalue weighted by Gasteiger charge is -2.28. The number of nitrogens with zero attached hydrogens (tertiary/aromatic N) is 3. The average Bonchev–Trinajstić information content (AvgIpc) is 3.11. The number of carbonyl (C=O) groups is 2. The van der Waals surface area contributed by atoms with Gasteiger partial charge in [-0.15, -0.1) is 5.10 Å². The van der Waals surface area contributed by atoms with Gasteiger partial charge in [0.2, 0.25) is 0 Å². The molecule has 1 fully saturated rings. The molecule has 0 bridgehead atoms. The van der Waals surface area contributed by atoms with E-state index in [-0.39, 0.29) is 23.9 Å². The van der Waals surface area contributed by atoms with Crippen LogP contribution in [0.3, 0.4) is 0 Å². The molecule has 0 saturated carbocycles. The van der Waals surface area contributed by atoms with E-state index in [4.69, 9.17) is 9.47 Å². The molecule has 1 amide bonds. The first-order valence-corrected chi connectivity index (χ1v) is 9.66. The quantitative estimate of drug-likeness (QED) is 0.567. The molecule has 0 aromatic heterocycles. The highest BCUT2D eigenvalue weighted by molar-refractivity contribution is 6.28. The number of carbonyl (C=O) groups excluding carboxylic acids is 2. The summed E-state index contributed by atoms with van der Waals surface area (Å²) >= 11 is 0. The molecule has 1 saturated heterocycles. The Morgan fingerprint density at radius 1 is 0.967 bits per heavy atom. The molecule has 0 N–H and O–H groups in total. The van der Waals surface area contributed by atoms with Crippen molar-refractivity contribution in [3.05, 3.63) is 77.9 Å². The van der Waals surface area contributed by atoms with Gasteiger partial charge in [0.15, 0.2) is 0 Å². The first-order chi connectivity index (χ1) is 14.8. The molecule has 2 heterocycles. The number of hydrazone groups is 1. The van der Waals surface area contributed by atoms with E-state index in [2.05, 4.69) is 22.1 Å². The third kappa shape index (κ3) is 4.31. The summed E-state index contributed by atoms with van der Waals surface area (Å²) < 4.78 is 10.3. The minimum absolute atomic E-state index is 0.0221. The lowest BCUT2D eigenvalue weighted by Crippen LogP contribution is -2.36. The Bertz CT molecular complexity index is 991. The van der Waals surface area contributed by atoms with Crippen LogP contribution >= 0.6 is 0 Å². The van der Waals surface area contributed by atoms with Gasteiger partial charge in [0.25, 0.3) is 18.3 Å². The summed E-state index contributed by atoms with van der Waals surface area (Å²) in [4.78, 5) is 25.9. The van der Waals surface area contributed by atoms with E-state index < -0.39 is 0 Å². The zero-order valence-corrected chi connectivity index (χ0v) is 16.3. The predicted molar refractivity (Wildman–Crippen MR) is 115 cm³/mol. The summed E-state index contributed by atoms with van der Waals surface area (Å²) in [5, 5.41) is 5.35. The third-order valence-corrected chi connectivity index (χ3v) is 4.83. The molecular formula is C23H21N3O4. The van der Waals surface area contributed by atoms with Crippen LogP contribution in [0.1, 0.15) is 5.56 Å². The molecular weight excluding hydrogens is 382 g/mol. The van der Waals surface area contributed by atoms with Crippen LogP contribution in [-0.4, -0.2) is 44.6 Å². The van der Waals surface area contributed by atoms with Gasteiger partial charge in [-0.2, -0.15) is 5.01 Å². The second-order valence-corrected chi connectivity index (χ2v) is 6.70. The number of allylic oxidation sites excluding steroid dienone is 2. The van der Waals surface area contributed by atoms with E-state index in [0.717, 1.165) is 37.6 Å². The Balaban J connectivity index is 1.49. The van der Waals surface area contributed by atoms with Gasteiger partial charge in [-0.05, 0) is 35.9 Å². The Kier molecular flexibility index (Phi) is 6.01. The SMILES string of the molecule is O=COC1=NN(c2ccccc2)C(=O)C1=CC=Cc1ccc(N2CCOCC2)cc1. The number of hydrogen-bond donors (Lipinski definition) is 0. The molecule has 2 aromatic rings. The van der Waals surface area contributed by atoms with Gasteiger partial charge in [-0.25, -0.2) is 0 Å². The van der Waals surface area contributed by atoms with Gasteiger partial charge in [0, 0.05) is 18.8 Å². The highest BCUT2D eigenvalue weighted by Gasteiger charge is 2.32. The number of para-hydroxylation sites is 1. The van der Waals surface area contributed by atoms with Gasteiger partial charge in [-0.1, -0.05) is 42.5 Å². The molecule has 7 nitrogen and oxygen atoms in total. The third-order valence-electron chi connectivity index (χ3n) is 4.83. The van der Waals surface area contributed by atoms with Crippen LogP contribution in [-0.2, 0) is 19.1 Å². The minimum atomic E-state index is -0.356. The molecule has 0 unspecified atom stereocenters. The smallest absolute Gasteiger partial charge is 0.299 e. The van der Waals surface area contributed by atoms with Crippen molar-refractivity contribution < 1.29 is 19.1 Å². The lowest BCUT2D eigenvalue weighted by molar-refractivity contribution is -0.121. The fourth-order valence-electron chi connectivity index (χ4n) is 3.29. The molecule has 2 aliphatic rings. The number of hydrogen-bond acceptors (Lipinski definition) is 6. The maximum atomic E-state index is 12.8. The van der Waals surface area contributed by atoms with Crippen molar-refractivity contribution in [1.29, 1.82) is 0 Å². The zero-order chi connectivity index (χ0) is 20.8. The van der Waals surface area contributed by atoms with Crippen LogP contribution in [0.25, 0.3) is 6.08 Å². The summed E-state index contributed by atoms with van der Waals surface area (Å²) in [6.45, 7) is 3.54. The normalized spacial score (nSPS) is 18.2. The Labute approximate surface area is 174 Å².